The van der Waals surface area contributed by atoms with Crippen molar-refractivity contribution in [3.63, 3.8) is 0 Å². The highest BCUT2D eigenvalue weighted by atomic mass is 16.5. The number of rotatable bonds is 4. The summed E-state index contributed by atoms with van der Waals surface area (Å²) in [5.41, 5.74) is 5.98. The second-order valence-corrected chi connectivity index (χ2v) is 3.50. The minimum Gasteiger partial charge on any atom is -0.493 e. The predicted molar refractivity (Wildman–Crippen MR) is 67.1 cm³/mol. The van der Waals surface area contributed by atoms with E-state index in [0.29, 0.717) is 28.6 Å². The van der Waals surface area contributed by atoms with E-state index in [1.54, 1.807) is 12.1 Å². The van der Waals surface area contributed by atoms with Crippen molar-refractivity contribution >= 4 is 5.95 Å². The van der Waals surface area contributed by atoms with Gasteiger partial charge in [-0.3, -0.25) is 0 Å². The third kappa shape index (κ3) is 2.46. The second-order valence-electron chi connectivity index (χ2n) is 3.50. The minimum atomic E-state index is 0.0104. The Bertz CT molecular complexity index is 548. The fraction of sp³-hybridized carbons (Fsp3) is 0.273. The molecule has 1 aromatic carbocycles. The molecule has 0 radical (unpaired) electrons. The van der Waals surface area contributed by atoms with Crippen molar-refractivity contribution in [2.75, 3.05) is 27.1 Å². The molecule has 0 aliphatic heterocycles. The van der Waals surface area contributed by atoms with Gasteiger partial charge in [0.1, 0.15) is 0 Å². The molecule has 0 spiro atoms. The smallest absolute Gasteiger partial charge is 0.259 e. The molecule has 19 heavy (non-hydrogen) atoms. The van der Waals surface area contributed by atoms with E-state index < -0.39 is 0 Å². The molecule has 0 saturated carbocycles. The van der Waals surface area contributed by atoms with Crippen LogP contribution in [-0.4, -0.2) is 41.7 Å². The fourth-order valence-corrected chi connectivity index (χ4v) is 1.56. The number of nitrogens with zero attached hydrogens (tertiary/aromatic N) is 4. The van der Waals surface area contributed by atoms with E-state index in [0.717, 1.165) is 0 Å². The predicted octanol–water partition coefficient (Wildman–Crippen LogP) is 0.542. The molecule has 100 valence electrons. The lowest BCUT2D eigenvalue weighted by atomic mass is 10.1. The number of nitrogen functional groups attached to an aromatic ring is 1. The zero-order valence-electron chi connectivity index (χ0n) is 10.7. The van der Waals surface area contributed by atoms with E-state index in [-0.39, 0.29) is 5.95 Å². The molecule has 2 N–H and O–H groups in total. The first kappa shape index (κ1) is 12.8. The summed E-state index contributed by atoms with van der Waals surface area (Å²) in [6.45, 7) is 0. The molecule has 8 nitrogen and oxygen atoms in total. The maximum absolute atomic E-state index is 5.35. The number of methoxy groups -OCH3 is 3. The number of hydrogen-bond acceptors (Lipinski definition) is 8. The van der Waals surface area contributed by atoms with Gasteiger partial charge in [-0.1, -0.05) is 0 Å². The van der Waals surface area contributed by atoms with Crippen LogP contribution in [0, 0.1) is 0 Å². The largest absolute Gasteiger partial charge is 0.493 e. The molecule has 2 aromatic rings. The van der Waals surface area contributed by atoms with E-state index in [4.69, 9.17) is 19.9 Å². The van der Waals surface area contributed by atoms with Gasteiger partial charge in [0.25, 0.3) is 5.95 Å². The zero-order valence-corrected chi connectivity index (χ0v) is 10.7. The van der Waals surface area contributed by atoms with Gasteiger partial charge in [0, 0.05) is 5.56 Å². The van der Waals surface area contributed by atoms with Gasteiger partial charge >= 0.3 is 0 Å². The molecule has 1 heterocycles. The highest BCUT2D eigenvalue weighted by Gasteiger charge is 2.15. The van der Waals surface area contributed by atoms with Crippen molar-refractivity contribution < 1.29 is 14.2 Å². The number of ether oxygens (including phenoxy) is 3. The summed E-state index contributed by atoms with van der Waals surface area (Å²) in [6, 6.07) is 3.41. The normalized spacial score (nSPS) is 10.1. The summed E-state index contributed by atoms with van der Waals surface area (Å²) in [5.74, 6) is 1.81. The molecule has 0 saturated heterocycles. The molecule has 0 atom stereocenters. The number of benzene rings is 1. The van der Waals surface area contributed by atoms with Crippen LogP contribution in [0.15, 0.2) is 12.1 Å². The Balaban J connectivity index is 2.55. The summed E-state index contributed by atoms with van der Waals surface area (Å²) >= 11 is 0. The molecule has 0 aliphatic rings. The first-order chi connectivity index (χ1) is 9.19. The highest BCUT2D eigenvalue weighted by Crippen LogP contribution is 2.40. The molecule has 0 amide bonds. The maximum Gasteiger partial charge on any atom is 0.259 e. The van der Waals surface area contributed by atoms with Gasteiger partial charge in [0.2, 0.25) is 11.6 Å². The van der Waals surface area contributed by atoms with Gasteiger partial charge in [0.15, 0.2) is 11.5 Å². The van der Waals surface area contributed by atoms with Gasteiger partial charge in [0.05, 0.1) is 21.3 Å². The lowest BCUT2D eigenvalue weighted by molar-refractivity contribution is 0.324. The monoisotopic (exact) mass is 263 g/mol. The standard InChI is InChI=1S/C11H13N5O3/c1-17-7-4-6(5-8(18-2)9(7)19-3)10-13-15-11(12)16-14-10/h4-5H,1-3H3,(H2,12,15,16). The van der Waals surface area contributed by atoms with Crippen LogP contribution in [0.4, 0.5) is 5.95 Å². The zero-order chi connectivity index (χ0) is 13.8. The van der Waals surface area contributed by atoms with E-state index >= 15 is 0 Å². The second kappa shape index (κ2) is 5.34. The van der Waals surface area contributed by atoms with Crippen LogP contribution in [0.1, 0.15) is 0 Å². The van der Waals surface area contributed by atoms with Gasteiger partial charge in [-0.2, -0.15) is 0 Å². The molecule has 1 aromatic heterocycles. The van der Waals surface area contributed by atoms with E-state index in [2.05, 4.69) is 20.4 Å². The van der Waals surface area contributed by atoms with Crippen molar-refractivity contribution in [1.82, 2.24) is 20.4 Å². The van der Waals surface area contributed by atoms with Crippen LogP contribution in [0.2, 0.25) is 0 Å². The third-order valence-corrected chi connectivity index (χ3v) is 2.42. The summed E-state index contributed by atoms with van der Waals surface area (Å²) < 4.78 is 15.7. The Labute approximate surface area is 109 Å². The summed E-state index contributed by atoms with van der Waals surface area (Å²) in [5, 5.41) is 15.0. The first-order valence-corrected chi connectivity index (χ1v) is 5.32. The molecule has 0 aliphatic carbocycles. The molecule has 0 bridgehead atoms. The summed E-state index contributed by atoms with van der Waals surface area (Å²) in [4.78, 5) is 0. The molecule has 0 unspecified atom stereocenters. The molecule has 0 fully saturated rings. The number of aromatic nitrogens is 4. The van der Waals surface area contributed by atoms with Gasteiger partial charge in [-0.25, -0.2) is 0 Å². The van der Waals surface area contributed by atoms with Crippen molar-refractivity contribution in [1.29, 1.82) is 0 Å². The Morgan fingerprint density at radius 3 is 1.79 bits per heavy atom. The minimum absolute atomic E-state index is 0.0104. The Kier molecular flexibility index (Phi) is 3.60. The third-order valence-electron chi connectivity index (χ3n) is 2.42. The number of anilines is 1. The van der Waals surface area contributed by atoms with Crippen LogP contribution in [0.25, 0.3) is 11.4 Å². The van der Waals surface area contributed by atoms with Crippen LogP contribution in [0.5, 0.6) is 17.2 Å². The number of hydrogen-bond donors (Lipinski definition) is 1. The van der Waals surface area contributed by atoms with Crippen molar-refractivity contribution in [2.24, 2.45) is 0 Å². The molecular formula is C11H13N5O3. The van der Waals surface area contributed by atoms with Crippen LogP contribution in [0.3, 0.4) is 0 Å². The van der Waals surface area contributed by atoms with Crippen molar-refractivity contribution in [3.8, 4) is 28.6 Å². The topological polar surface area (TPSA) is 105 Å². The molecule has 2 rings (SSSR count). The first-order valence-electron chi connectivity index (χ1n) is 5.32. The van der Waals surface area contributed by atoms with Crippen molar-refractivity contribution in [3.05, 3.63) is 12.1 Å². The lowest BCUT2D eigenvalue weighted by Gasteiger charge is -2.13. The van der Waals surface area contributed by atoms with Crippen LogP contribution in [-0.2, 0) is 0 Å². The Morgan fingerprint density at radius 1 is 0.842 bits per heavy atom. The van der Waals surface area contributed by atoms with Crippen molar-refractivity contribution in [2.45, 2.75) is 0 Å². The SMILES string of the molecule is COc1cc(-c2nnc(N)nn2)cc(OC)c1OC. The quantitative estimate of drug-likeness (QED) is 0.852. The average Bonchev–Trinajstić information content (AvgIpc) is 2.46. The van der Waals surface area contributed by atoms with Crippen LogP contribution >= 0.6 is 0 Å². The lowest BCUT2D eigenvalue weighted by Crippen LogP contribution is -2.02. The summed E-state index contributed by atoms with van der Waals surface area (Å²) in [6.07, 6.45) is 0. The van der Waals surface area contributed by atoms with Gasteiger partial charge < -0.3 is 19.9 Å². The summed E-state index contributed by atoms with van der Waals surface area (Å²) in [7, 11) is 4.59. The fourth-order valence-electron chi connectivity index (χ4n) is 1.56. The maximum atomic E-state index is 5.35. The Morgan fingerprint density at radius 2 is 1.37 bits per heavy atom. The van der Waals surface area contributed by atoms with Gasteiger partial charge in [-0.05, 0) is 12.1 Å². The van der Waals surface area contributed by atoms with Crippen LogP contribution < -0.4 is 19.9 Å². The van der Waals surface area contributed by atoms with Gasteiger partial charge in [-0.15, -0.1) is 20.4 Å². The average molecular weight is 263 g/mol. The number of nitrogens with two attached hydrogens (primary N) is 1. The molecule has 8 heteroatoms. The molecular weight excluding hydrogens is 250 g/mol. The van der Waals surface area contributed by atoms with E-state index in [1.165, 1.54) is 21.3 Å². The van der Waals surface area contributed by atoms with E-state index in [1.807, 2.05) is 0 Å². The Hall–Kier alpha value is -2.64. The van der Waals surface area contributed by atoms with E-state index in [9.17, 15) is 0 Å². The highest BCUT2D eigenvalue weighted by molar-refractivity contribution is 5.66.